The minimum Gasteiger partial charge on any atom is -0.394 e. The smallest absolute Gasteiger partial charge is 0.251 e. The fourth-order valence-corrected chi connectivity index (χ4v) is 2.95. The number of carbonyl (C=O) groups is 1. The summed E-state index contributed by atoms with van der Waals surface area (Å²) < 4.78 is 0. The Bertz CT molecular complexity index is 637. The molecule has 0 saturated heterocycles. The number of aromatic nitrogens is 1. The van der Waals surface area contributed by atoms with Crippen molar-refractivity contribution in [1.82, 2.24) is 10.3 Å². The molecule has 1 unspecified atom stereocenters. The second-order valence-corrected chi connectivity index (χ2v) is 6.88. The molecule has 0 radical (unpaired) electrons. The van der Waals surface area contributed by atoms with E-state index in [2.05, 4.69) is 24.1 Å². The van der Waals surface area contributed by atoms with Crippen molar-refractivity contribution in [2.45, 2.75) is 33.2 Å². The van der Waals surface area contributed by atoms with Gasteiger partial charge in [-0.3, -0.25) is 4.79 Å². The van der Waals surface area contributed by atoms with Crippen LogP contribution in [0.2, 0.25) is 0 Å². The lowest BCUT2D eigenvalue weighted by Gasteiger charge is -2.18. The highest BCUT2D eigenvalue weighted by Gasteiger charge is 2.15. The molecule has 4 nitrogen and oxygen atoms in total. The van der Waals surface area contributed by atoms with Gasteiger partial charge in [0.15, 0.2) is 0 Å². The van der Waals surface area contributed by atoms with E-state index in [1.165, 1.54) is 0 Å². The summed E-state index contributed by atoms with van der Waals surface area (Å²) in [6, 6.07) is 7.21. The molecule has 0 aliphatic carbocycles. The summed E-state index contributed by atoms with van der Waals surface area (Å²) in [7, 11) is 0. The monoisotopic (exact) mass is 318 g/mol. The Morgan fingerprint density at radius 1 is 1.41 bits per heavy atom. The lowest BCUT2D eigenvalue weighted by Crippen LogP contribution is -2.38. The molecule has 1 aromatic carbocycles. The maximum atomic E-state index is 12.3. The summed E-state index contributed by atoms with van der Waals surface area (Å²) in [5.41, 5.74) is 2.41. The number of aryl methyl sites for hydroxylation is 1. The first-order valence-corrected chi connectivity index (χ1v) is 8.32. The van der Waals surface area contributed by atoms with Gasteiger partial charge in [0.25, 0.3) is 5.91 Å². The first-order valence-electron chi connectivity index (χ1n) is 7.44. The summed E-state index contributed by atoms with van der Waals surface area (Å²) >= 11 is 1.59. The van der Waals surface area contributed by atoms with E-state index < -0.39 is 0 Å². The van der Waals surface area contributed by atoms with Gasteiger partial charge in [-0.25, -0.2) is 4.98 Å². The molecular formula is C17H22N2O2S. The molecule has 0 aliphatic heterocycles. The van der Waals surface area contributed by atoms with Crippen molar-refractivity contribution in [2.24, 2.45) is 5.92 Å². The third-order valence-corrected chi connectivity index (χ3v) is 4.12. The molecule has 1 amide bonds. The molecule has 2 aromatic rings. The van der Waals surface area contributed by atoms with Gasteiger partial charge in [-0.15, -0.1) is 11.3 Å². The van der Waals surface area contributed by atoms with Crippen LogP contribution >= 0.6 is 11.3 Å². The van der Waals surface area contributed by atoms with Gasteiger partial charge in [-0.05, 0) is 31.4 Å². The number of hydrogen-bond acceptors (Lipinski definition) is 4. The average molecular weight is 318 g/mol. The predicted octanol–water partition coefficient (Wildman–Crippen LogP) is 3.26. The van der Waals surface area contributed by atoms with E-state index in [9.17, 15) is 9.90 Å². The quantitative estimate of drug-likeness (QED) is 0.859. The normalized spacial score (nSPS) is 12.4. The largest absolute Gasteiger partial charge is 0.394 e. The van der Waals surface area contributed by atoms with E-state index in [-0.39, 0.29) is 18.6 Å². The van der Waals surface area contributed by atoms with Gasteiger partial charge >= 0.3 is 0 Å². The number of carbonyl (C=O) groups excluding carboxylic acids is 1. The first kappa shape index (κ1) is 16.6. The van der Waals surface area contributed by atoms with Gasteiger partial charge in [0.05, 0.1) is 23.4 Å². The third kappa shape index (κ3) is 4.39. The average Bonchev–Trinajstić information content (AvgIpc) is 2.92. The fraction of sp³-hybridized carbons (Fsp3) is 0.412. The molecule has 5 heteroatoms. The Kier molecular flexibility index (Phi) is 5.69. The zero-order chi connectivity index (χ0) is 16.1. The van der Waals surface area contributed by atoms with Crippen LogP contribution in [0.3, 0.4) is 0 Å². The molecule has 0 spiro atoms. The molecule has 0 saturated carbocycles. The van der Waals surface area contributed by atoms with Crippen LogP contribution in [0.1, 0.15) is 35.6 Å². The molecule has 2 N–H and O–H groups in total. The number of rotatable bonds is 6. The van der Waals surface area contributed by atoms with E-state index in [0.29, 0.717) is 11.5 Å². The SMILES string of the molecule is Cc1nc(-c2cccc(C(=O)NC(CO)CC(C)C)c2)cs1. The van der Waals surface area contributed by atoms with Crippen molar-refractivity contribution in [3.8, 4) is 11.3 Å². The van der Waals surface area contributed by atoms with Crippen LogP contribution in [0, 0.1) is 12.8 Å². The number of aliphatic hydroxyl groups excluding tert-OH is 1. The van der Waals surface area contributed by atoms with Crippen molar-refractivity contribution in [3.63, 3.8) is 0 Å². The number of thiazole rings is 1. The van der Waals surface area contributed by atoms with Crippen molar-refractivity contribution in [3.05, 3.63) is 40.2 Å². The number of aliphatic hydroxyl groups is 1. The van der Waals surface area contributed by atoms with Crippen LogP contribution in [-0.4, -0.2) is 28.6 Å². The highest BCUT2D eigenvalue weighted by molar-refractivity contribution is 7.09. The van der Waals surface area contributed by atoms with Crippen molar-refractivity contribution < 1.29 is 9.90 Å². The molecule has 118 valence electrons. The lowest BCUT2D eigenvalue weighted by atomic mass is 10.0. The first-order chi connectivity index (χ1) is 10.5. The Hall–Kier alpha value is -1.72. The molecule has 22 heavy (non-hydrogen) atoms. The Labute approximate surface area is 135 Å². The number of benzene rings is 1. The zero-order valence-corrected chi connectivity index (χ0v) is 14.0. The van der Waals surface area contributed by atoms with Crippen LogP contribution in [-0.2, 0) is 0 Å². The Balaban J connectivity index is 2.13. The van der Waals surface area contributed by atoms with Crippen LogP contribution < -0.4 is 5.32 Å². The van der Waals surface area contributed by atoms with Crippen molar-refractivity contribution in [2.75, 3.05) is 6.61 Å². The maximum Gasteiger partial charge on any atom is 0.251 e. The molecule has 0 fully saturated rings. The summed E-state index contributed by atoms with van der Waals surface area (Å²) in [5.74, 6) is 0.260. The van der Waals surface area contributed by atoms with Crippen LogP contribution in [0.25, 0.3) is 11.3 Å². The second kappa shape index (κ2) is 7.51. The lowest BCUT2D eigenvalue weighted by molar-refractivity contribution is 0.0908. The summed E-state index contributed by atoms with van der Waals surface area (Å²) in [4.78, 5) is 16.8. The maximum absolute atomic E-state index is 12.3. The van der Waals surface area contributed by atoms with Gasteiger partial charge in [-0.2, -0.15) is 0 Å². The topological polar surface area (TPSA) is 62.2 Å². The van der Waals surface area contributed by atoms with Crippen LogP contribution in [0.15, 0.2) is 29.6 Å². The molecule has 1 aromatic heterocycles. The predicted molar refractivity (Wildman–Crippen MR) is 90.1 cm³/mol. The number of nitrogens with zero attached hydrogens (tertiary/aromatic N) is 1. The third-order valence-electron chi connectivity index (χ3n) is 3.35. The molecule has 0 aliphatic rings. The molecule has 1 heterocycles. The number of nitrogens with one attached hydrogen (secondary N) is 1. The zero-order valence-electron chi connectivity index (χ0n) is 13.2. The van der Waals surface area contributed by atoms with Gasteiger partial charge < -0.3 is 10.4 Å². The molecule has 0 bridgehead atoms. The molecule has 1 atom stereocenters. The van der Waals surface area contributed by atoms with Gasteiger partial charge in [0.1, 0.15) is 0 Å². The van der Waals surface area contributed by atoms with E-state index in [1.807, 2.05) is 30.5 Å². The summed E-state index contributed by atoms with van der Waals surface area (Å²) in [6.45, 7) is 6.05. The van der Waals surface area contributed by atoms with Gasteiger partial charge in [-0.1, -0.05) is 26.0 Å². The summed E-state index contributed by atoms with van der Waals surface area (Å²) in [6.07, 6.45) is 0.757. The fourth-order valence-electron chi connectivity index (χ4n) is 2.33. The van der Waals surface area contributed by atoms with Crippen molar-refractivity contribution >= 4 is 17.2 Å². The van der Waals surface area contributed by atoms with E-state index in [1.54, 1.807) is 17.4 Å². The van der Waals surface area contributed by atoms with Gasteiger partial charge in [0.2, 0.25) is 0 Å². The van der Waals surface area contributed by atoms with Crippen LogP contribution in [0.4, 0.5) is 0 Å². The summed E-state index contributed by atoms with van der Waals surface area (Å²) in [5, 5.41) is 15.3. The minimum atomic E-state index is -0.210. The highest BCUT2D eigenvalue weighted by atomic mass is 32.1. The Morgan fingerprint density at radius 2 is 2.18 bits per heavy atom. The second-order valence-electron chi connectivity index (χ2n) is 5.82. The van der Waals surface area contributed by atoms with Gasteiger partial charge in [0, 0.05) is 16.5 Å². The van der Waals surface area contributed by atoms with E-state index in [0.717, 1.165) is 22.7 Å². The number of hydrogen-bond donors (Lipinski definition) is 2. The minimum absolute atomic E-state index is 0.0467. The Morgan fingerprint density at radius 3 is 2.77 bits per heavy atom. The van der Waals surface area contributed by atoms with Crippen molar-refractivity contribution in [1.29, 1.82) is 0 Å². The van der Waals surface area contributed by atoms with E-state index >= 15 is 0 Å². The number of amides is 1. The molecule has 2 rings (SSSR count). The highest BCUT2D eigenvalue weighted by Crippen LogP contribution is 2.22. The van der Waals surface area contributed by atoms with Crippen LogP contribution in [0.5, 0.6) is 0 Å². The standard InChI is InChI=1S/C17H22N2O2S/c1-11(2)7-15(9-20)19-17(21)14-6-4-5-13(8-14)16-10-22-12(3)18-16/h4-6,8,10-11,15,20H,7,9H2,1-3H3,(H,19,21). The molecular weight excluding hydrogens is 296 g/mol. The van der Waals surface area contributed by atoms with E-state index in [4.69, 9.17) is 0 Å².